The van der Waals surface area contributed by atoms with Gasteiger partial charge in [0.25, 0.3) is 5.56 Å². The van der Waals surface area contributed by atoms with Crippen molar-refractivity contribution in [1.82, 2.24) is 30.2 Å². The molecule has 128 valence electrons. The van der Waals surface area contributed by atoms with Crippen LogP contribution in [0.1, 0.15) is 22.6 Å². The highest BCUT2D eigenvalue weighted by Crippen LogP contribution is 2.14. The minimum Gasteiger partial charge on any atom is -0.309 e. The molecule has 0 fully saturated rings. The summed E-state index contributed by atoms with van der Waals surface area (Å²) in [5.41, 5.74) is 4.43. The van der Waals surface area contributed by atoms with Gasteiger partial charge in [0.05, 0.1) is 17.9 Å². The molecule has 2 aliphatic heterocycles. The standard InChI is InChI=1S/C14H20N6O.2ClH/c21-14-12-1-4-19(5-2-13(12)16-17-14)9-10-7-11-8-15-3-6-20(11)18-10;;/h7,15H,1-6,8-9H2,(H2,16,17,21);2*1H. The Morgan fingerprint density at radius 1 is 1.13 bits per heavy atom. The van der Waals surface area contributed by atoms with Crippen LogP contribution in [-0.4, -0.2) is 44.5 Å². The summed E-state index contributed by atoms with van der Waals surface area (Å²) in [7, 11) is 0. The molecule has 3 N–H and O–H groups in total. The van der Waals surface area contributed by atoms with Crippen LogP contribution in [0.4, 0.5) is 0 Å². The molecule has 2 aromatic rings. The van der Waals surface area contributed by atoms with Crippen LogP contribution < -0.4 is 10.9 Å². The molecule has 9 heteroatoms. The average molecular weight is 361 g/mol. The van der Waals surface area contributed by atoms with E-state index in [4.69, 9.17) is 0 Å². The van der Waals surface area contributed by atoms with Crippen molar-refractivity contribution in [2.45, 2.75) is 32.5 Å². The number of H-pyrrole nitrogens is 2. The number of nitrogens with one attached hydrogen (secondary N) is 3. The Balaban J connectivity index is 0.000000960. The Morgan fingerprint density at radius 2 is 1.96 bits per heavy atom. The highest BCUT2D eigenvalue weighted by molar-refractivity contribution is 5.85. The number of nitrogens with zero attached hydrogens (tertiary/aromatic N) is 3. The Morgan fingerprint density at radius 3 is 2.78 bits per heavy atom. The van der Waals surface area contributed by atoms with Crippen molar-refractivity contribution >= 4 is 24.8 Å². The fraction of sp³-hybridized carbons (Fsp3) is 0.571. The van der Waals surface area contributed by atoms with Crippen molar-refractivity contribution < 1.29 is 0 Å². The molecule has 0 aliphatic carbocycles. The molecule has 0 bridgehead atoms. The average Bonchev–Trinajstić information content (AvgIpc) is 2.98. The molecule has 0 saturated heterocycles. The van der Waals surface area contributed by atoms with Crippen molar-refractivity contribution in [3.05, 3.63) is 39.1 Å². The van der Waals surface area contributed by atoms with Gasteiger partial charge in [-0.2, -0.15) is 5.10 Å². The summed E-state index contributed by atoms with van der Waals surface area (Å²) < 4.78 is 2.11. The second-order valence-corrected chi connectivity index (χ2v) is 5.84. The van der Waals surface area contributed by atoms with Crippen molar-refractivity contribution in [1.29, 1.82) is 0 Å². The predicted molar refractivity (Wildman–Crippen MR) is 92.5 cm³/mol. The fourth-order valence-corrected chi connectivity index (χ4v) is 3.27. The van der Waals surface area contributed by atoms with Crippen molar-refractivity contribution in [3.63, 3.8) is 0 Å². The van der Waals surface area contributed by atoms with E-state index >= 15 is 0 Å². The first kappa shape index (κ1) is 18.1. The van der Waals surface area contributed by atoms with E-state index in [-0.39, 0.29) is 30.4 Å². The van der Waals surface area contributed by atoms with Gasteiger partial charge in [-0.3, -0.25) is 19.5 Å². The van der Waals surface area contributed by atoms with Crippen LogP contribution >= 0.6 is 24.8 Å². The van der Waals surface area contributed by atoms with Crippen molar-refractivity contribution in [2.24, 2.45) is 0 Å². The lowest BCUT2D eigenvalue weighted by Crippen LogP contribution is -2.28. The number of fused-ring (bicyclic) bond motifs is 2. The molecule has 7 nitrogen and oxygen atoms in total. The lowest BCUT2D eigenvalue weighted by Gasteiger charge is -2.18. The van der Waals surface area contributed by atoms with Crippen molar-refractivity contribution in [2.75, 3.05) is 19.6 Å². The minimum absolute atomic E-state index is 0. The molecule has 23 heavy (non-hydrogen) atoms. The second kappa shape index (κ2) is 7.53. The zero-order chi connectivity index (χ0) is 14.2. The van der Waals surface area contributed by atoms with Crippen LogP contribution in [0.15, 0.2) is 10.9 Å². The molecule has 0 aromatic carbocycles. The zero-order valence-corrected chi connectivity index (χ0v) is 14.4. The van der Waals surface area contributed by atoms with Crippen LogP contribution in [0.5, 0.6) is 0 Å². The minimum atomic E-state index is 0. The highest BCUT2D eigenvalue weighted by atomic mass is 35.5. The van der Waals surface area contributed by atoms with E-state index in [1.54, 1.807) is 0 Å². The number of aromatic nitrogens is 4. The SMILES string of the molecule is Cl.Cl.O=c1[nH][nH]c2c1CCN(Cc1cc3n(n1)CCNC3)CC2. The quantitative estimate of drug-likeness (QED) is 0.726. The number of halogens is 2. The number of aromatic amines is 2. The van der Waals surface area contributed by atoms with Gasteiger partial charge in [0.1, 0.15) is 0 Å². The maximum absolute atomic E-state index is 11.7. The molecule has 0 atom stereocenters. The van der Waals surface area contributed by atoms with Gasteiger partial charge < -0.3 is 10.4 Å². The Bertz CT molecular complexity index is 683. The molecule has 0 radical (unpaired) electrons. The van der Waals surface area contributed by atoms with Crippen LogP contribution in [-0.2, 0) is 32.5 Å². The summed E-state index contributed by atoms with van der Waals surface area (Å²) in [5, 5.41) is 13.7. The van der Waals surface area contributed by atoms with Gasteiger partial charge in [-0.25, -0.2) is 0 Å². The van der Waals surface area contributed by atoms with Gasteiger partial charge in [0.15, 0.2) is 0 Å². The Hall–Kier alpha value is -1.28. The van der Waals surface area contributed by atoms with E-state index in [2.05, 4.69) is 36.3 Å². The summed E-state index contributed by atoms with van der Waals surface area (Å²) in [4.78, 5) is 14.1. The van der Waals surface area contributed by atoms with Gasteiger partial charge in [0.2, 0.25) is 0 Å². The molecule has 0 amide bonds. The van der Waals surface area contributed by atoms with Gasteiger partial charge >= 0.3 is 0 Å². The maximum atomic E-state index is 11.7. The number of hydrogen-bond donors (Lipinski definition) is 3. The van der Waals surface area contributed by atoms with Gasteiger partial charge in [-0.1, -0.05) is 0 Å². The van der Waals surface area contributed by atoms with Crippen LogP contribution in [0.3, 0.4) is 0 Å². The Labute approximate surface area is 146 Å². The van der Waals surface area contributed by atoms with Gasteiger partial charge in [-0.15, -0.1) is 24.8 Å². The maximum Gasteiger partial charge on any atom is 0.267 e. The highest BCUT2D eigenvalue weighted by Gasteiger charge is 2.19. The molecular formula is C14H22Cl2N6O. The smallest absolute Gasteiger partial charge is 0.267 e. The Kier molecular flexibility index (Phi) is 5.91. The molecule has 4 heterocycles. The third kappa shape index (κ3) is 3.63. The van der Waals surface area contributed by atoms with Crippen molar-refractivity contribution in [3.8, 4) is 0 Å². The van der Waals surface area contributed by atoms with E-state index in [1.807, 2.05) is 0 Å². The molecular weight excluding hydrogens is 339 g/mol. The first-order chi connectivity index (χ1) is 10.3. The summed E-state index contributed by atoms with van der Waals surface area (Å²) in [6.07, 6.45) is 1.70. The third-order valence-electron chi connectivity index (χ3n) is 4.43. The van der Waals surface area contributed by atoms with Crippen LogP contribution in [0.25, 0.3) is 0 Å². The van der Waals surface area contributed by atoms with Crippen LogP contribution in [0, 0.1) is 0 Å². The molecule has 2 aliphatic rings. The van der Waals surface area contributed by atoms with Crippen LogP contribution in [0.2, 0.25) is 0 Å². The zero-order valence-electron chi connectivity index (χ0n) is 12.8. The first-order valence-electron chi connectivity index (χ1n) is 7.56. The van der Waals surface area contributed by atoms with E-state index in [0.717, 1.165) is 69.1 Å². The molecule has 0 saturated carbocycles. The normalized spacial score (nSPS) is 17.4. The largest absolute Gasteiger partial charge is 0.309 e. The molecule has 2 aromatic heterocycles. The lowest BCUT2D eigenvalue weighted by molar-refractivity contribution is 0.273. The van der Waals surface area contributed by atoms with E-state index in [0.29, 0.717) is 0 Å². The third-order valence-corrected chi connectivity index (χ3v) is 4.43. The van der Waals surface area contributed by atoms with E-state index in [9.17, 15) is 4.79 Å². The molecule has 4 rings (SSSR count). The van der Waals surface area contributed by atoms with Gasteiger partial charge in [-0.05, 0) is 12.5 Å². The summed E-state index contributed by atoms with van der Waals surface area (Å²) in [6, 6.07) is 2.20. The summed E-state index contributed by atoms with van der Waals surface area (Å²) in [5.74, 6) is 0. The first-order valence-corrected chi connectivity index (χ1v) is 7.56. The topological polar surface area (TPSA) is 81.7 Å². The number of rotatable bonds is 2. The molecule has 0 spiro atoms. The number of hydrogen-bond acceptors (Lipinski definition) is 4. The summed E-state index contributed by atoms with van der Waals surface area (Å²) >= 11 is 0. The summed E-state index contributed by atoms with van der Waals surface area (Å²) in [6.45, 7) is 5.59. The molecule has 0 unspecified atom stereocenters. The van der Waals surface area contributed by atoms with Gasteiger partial charge in [0, 0.05) is 50.4 Å². The fourth-order valence-electron chi connectivity index (χ4n) is 3.27. The van der Waals surface area contributed by atoms with E-state index < -0.39 is 0 Å². The monoisotopic (exact) mass is 360 g/mol. The predicted octanol–water partition coefficient (Wildman–Crippen LogP) is 0.447. The lowest BCUT2D eigenvalue weighted by atomic mass is 10.2. The van der Waals surface area contributed by atoms with E-state index in [1.165, 1.54) is 5.69 Å². The second-order valence-electron chi connectivity index (χ2n) is 5.84.